The number of hydrogen-bond donors (Lipinski definition) is 3. The molecule has 6 heteroatoms. The van der Waals surface area contributed by atoms with E-state index >= 15 is 0 Å². The van der Waals surface area contributed by atoms with Crippen molar-refractivity contribution in [2.75, 3.05) is 6.61 Å². The summed E-state index contributed by atoms with van der Waals surface area (Å²) >= 11 is 0. The molecule has 3 unspecified atom stereocenters. The van der Waals surface area contributed by atoms with Crippen LogP contribution in [0.15, 0.2) is 72.9 Å². The second-order valence-electron chi connectivity index (χ2n) is 20.1. The van der Waals surface area contributed by atoms with Crippen molar-refractivity contribution in [2.24, 2.45) is 0 Å². The van der Waals surface area contributed by atoms with Crippen LogP contribution in [0.25, 0.3) is 0 Å². The highest BCUT2D eigenvalue weighted by molar-refractivity contribution is 5.77. The highest BCUT2D eigenvalue weighted by atomic mass is 16.5. The Morgan fingerprint density at radius 3 is 1.25 bits per heavy atom. The minimum Gasteiger partial charge on any atom is -0.462 e. The van der Waals surface area contributed by atoms with Crippen LogP contribution in [0, 0.1) is 0 Å². The van der Waals surface area contributed by atoms with E-state index in [2.05, 4.69) is 99.0 Å². The summed E-state index contributed by atoms with van der Waals surface area (Å²) in [5, 5.41) is 23.9. The van der Waals surface area contributed by atoms with Gasteiger partial charge in [0.1, 0.15) is 6.10 Å². The smallest absolute Gasteiger partial charge is 0.306 e. The van der Waals surface area contributed by atoms with Gasteiger partial charge in [0.2, 0.25) is 5.91 Å². The molecule has 3 N–H and O–H groups in total. The fourth-order valence-corrected chi connectivity index (χ4v) is 8.77. The van der Waals surface area contributed by atoms with Crippen LogP contribution in [0.2, 0.25) is 0 Å². The van der Waals surface area contributed by atoms with E-state index in [1.807, 2.05) is 0 Å². The third kappa shape index (κ3) is 51.5. The lowest BCUT2D eigenvalue weighted by molar-refractivity contribution is -0.151. The molecule has 0 rings (SSSR count). The number of ether oxygens (including phenoxy) is 1. The summed E-state index contributed by atoms with van der Waals surface area (Å²) in [7, 11) is 0. The number of carbonyl (C=O) groups excluding carboxylic acids is 2. The van der Waals surface area contributed by atoms with Crippen LogP contribution in [-0.4, -0.2) is 46.9 Å². The molecule has 0 aliphatic rings. The Bertz CT molecular complexity index is 1270. The molecule has 0 bridgehead atoms. The summed E-state index contributed by atoms with van der Waals surface area (Å²) in [5.41, 5.74) is 0. The molecule has 0 saturated carbocycles. The maximum absolute atomic E-state index is 13.3. The van der Waals surface area contributed by atoms with Gasteiger partial charge in [-0.05, 0) is 89.9 Å². The second kappa shape index (κ2) is 56.2. The van der Waals surface area contributed by atoms with E-state index in [4.69, 9.17) is 4.74 Å². The number of allylic oxidation sites excluding steroid dienone is 12. The number of nitrogens with one attached hydrogen (secondary N) is 1. The van der Waals surface area contributed by atoms with Gasteiger partial charge < -0.3 is 20.3 Å². The molecule has 0 saturated heterocycles. The zero-order valence-electron chi connectivity index (χ0n) is 45.7. The van der Waals surface area contributed by atoms with Gasteiger partial charge in [0.25, 0.3) is 0 Å². The average molecular weight is 965 g/mol. The molecule has 0 aromatic rings. The Morgan fingerprint density at radius 2 is 0.783 bits per heavy atom. The van der Waals surface area contributed by atoms with Crippen molar-refractivity contribution in [1.82, 2.24) is 5.32 Å². The lowest BCUT2D eigenvalue weighted by Gasteiger charge is -2.24. The van der Waals surface area contributed by atoms with Gasteiger partial charge in [0.05, 0.1) is 25.2 Å². The number of unbranched alkanes of at least 4 members (excludes halogenated alkanes) is 30. The lowest BCUT2D eigenvalue weighted by atomic mass is 10.0. The lowest BCUT2D eigenvalue weighted by Crippen LogP contribution is -2.46. The van der Waals surface area contributed by atoms with Crippen molar-refractivity contribution >= 4 is 11.9 Å². The number of esters is 1. The van der Waals surface area contributed by atoms with Crippen molar-refractivity contribution in [1.29, 1.82) is 0 Å². The average Bonchev–Trinajstić information content (AvgIpc) is 3.34. The molecule has 0 aliphatic carbocycles. The SMILES string of the molecule is CCCCC/C=C\C/C=C\C/C=C\C/C=C\CCCC(=O)OC(CCCCC/C=C/C=C/CCCCCCCCC)CC(=O)NC(CO)C(O)CCCCCCCCCCCCCCCCCCC. The van der Waals surface area contributed by atoms with Crippen LogP contribution in [-0.2, 0) is 14.3 Å². The molecule has 0 aromatic carbocycles. The minimum absolute atomic E-state index is 0.0364. The van der Waals surface area contributed by atoms with E-state index in [1.165, 1.54) is 161 Å². The summed E-state index contributed by atoms with van der Waals surface area (Å²) in [5.74, 6) is -0.562. The van der Waals surface area contributed by atoms with Gasteiger partial charge in [0, 0.05) is 6.42 Å². The number of aliphatic hydroxyl groups excluding tert-OH is 2. The molecule has 0 aliphatic heterocycles. The zero-order valence-corrected chi connectivity index (χ0v) is 45.7. The Hall–Kier alpha value is -2.70. The molecule has 6 nitrogen and oxygen atoms in total. The Balaban J connectivity index is 4.67. The van der Waals surface area contributed by atoms with Crippen LogP contribution in [0.3, 0.4) is 0 Å². The zero-order chi connectivity index (χ0) is 50.2. The molecule has 3 atom stereocenters. The normalized spacial score (nSPS) is 13.6. The first kappa shape index (κ1) is 66.3. The highest BCUT2D eigenvalue weighted by Gasteiger charge is 2.24. The molecule has 0 aromatic heterocycles. The van der Waals surface area contributed by atoms with Gasteiger partial charge in [0.15, 0.2) is 0 Å². The van der Waals surface area contributed by atoms with E-state index in [0.717, 1.165) is 77.0 Å². The molecule has 0 fully saturated rings. The predicted octanol–water partition coefficient (Wildman–Crippen LogP) is 18.5. The minimum atomic E-state index is -0.808. The van der Waals surface area contributed by atoms with Gasteiger partial charge in [-0.2, -0.15) is 0 Å². The van der Waals surface area contributed by atoms with E-state index in [1.54, 1.807) is 0 Å². The van der Waals surface area contributed by atoms with Crippen molar-refractivity contribution in [2.45, 2.75) is 309 Å². The van der Waals surface area contributed by atoms with Crippen LogP contribution < -0.4 is 5.32 Å². The largest absolute Gasteiger partial charge is 0.462 e. The Kier molecular flexibility index (Phi) is 54.0. The molecule has 69 heavy (non-hydrogen) atoms. The number of aliphatic hydroxyl groups is 2. The van der Waals surface area contributed by atoms with Gasteiger partial charge >= 0.3 is 5.97 Å². The van der Waals surface area contributed by atoms with Crippen LogP contribution in [0.4, 0.5) is 0 Å². The van der Waals surface area contributed by atoms with E-state index in [9.17, 15) is 19.8 Å². The van der Waals surface area contributed by atoms with Gasteiger partial charge in [-0.3, -0.25) is 9.59 Å². The van der Waals surface area contributed by atoms with Crippen molar-refractivity contribution < 1.29 is 24.5 Å². The molecular weight excluding hydrogens is 851 g/mol. The topological polar surface area (TPSA) is 95.9 Å². The van der Waals surface area contributed by atoms with E-state index in [-0.39, 0.29) is 24.9 Å². The van der Waals surface area contributed by atoms with Crippen LogP contribution >= 0.6 is 0 Å². The fraction of sp³-hybridized carbons (Fsp3) is 0.778. The summed E-state index contributed by atoms with van der Waals surface area (Å²) in [4.78, 5) is 26.3. The Morgan fingerprint density at radius 1 is 0.435 bits per heavy atom. The first-order valence-electron chi connectivity index (χ1n) is 29.7. The third-order valence-corrected chi connectivity index (χ3v) is 13.3. The van der Waals surface area contributed by atoms with E-state index in [0.29, 0.717) is 25.7 Å². The molecule has 0 spiro atoms. The maximum Gasteiger partial charge on any atom is 0.306 e. The Labute approximate surface area is 428 Å². The summed E-state index contributed by atoms with van der Waals surface area (Å²) in [6.45, 7) is 6.46. The number of amides is 1. The monoisotopic (exact) mass is 964 g/mol. The number of carbonyl (C=O) groups is 2. The summed E-state index contributed by atoms with van der Waals surface area (Å²) in [6, 6.07) is -0.725. The standard InChI is InChI=1S/C63H113NO5/c1-4-7-10-13-16-19-22-25-28-31-34-37-40-43-46-49-52-55-61(66)60(58-65)64-62(67)57-59(54-51-48-45-42-39-36-33-30-27-24-21-18-15-12-9-6-3)69-63(68)56-53-50-47-44-41-38-35-32-29-26-23-20-17-14-11-8-5-2/h17,20,26,29-30,33,35-36,38-39,44,47,59-61,65-66H,4-16,18-19,21-25,27-28,31-32,34,37,40-43,45-46,48-58H2,1-3H3,(H,64,67)/b20-17-,29-26-,33-30+,38-35-,39-36+,47-44-. The first-order chi connectivity index (χ1) is 34.0. The van der Waals surface area contributed by atoms with Crippen LogP contribution in [0.5, 0.6) is 0 Å². The molecule has 400 valence electrons. The van der Waals surface area contributed by atoms with Gasteiger partial charge in [-0.15, -0.1) is 0 Å². The predicted molar refractivity (Wildman–Crippen MR) is 301 cm³/mol. The van der Waals surface area contributed by atoms with Gasteiger partial charge in [-0.1, -0.05) is 261 Å². The van der Waals surface area contributed by atoms with E-state index < -0.39 is 18.2 Å². The maximum atomic E-state index is 13.3. The van der Waals surface area contributed by atoms with Gasteiger partial charge in [-0.25, -0.2) is 0 Å². The third-order valence-electron chi connectivity index (χ3n) is 13.3. The summed E-state index contributed by atoms with van der Waals surface area (Å²) < 4.78 is 5.92. The fourth-order valence-electron chi connectivity index (χ4n) is 8.77. The summed E-state index contributed by atoms with van der Waals surface area (Å²) in [6.07, 6.45) is 72.6. The molecular formula is C63H113NO5. The van der Waals surface area contributed by atoms with Crippen LogP contribution in [0.1, 0.15) is 290 Å². The van der Waals surface area contributed by atoms with Crippen molar-refractivity contribution in [3.05, 3.63) is 72.9 Å². The van der Waals surface area contributed by atoms with Crippen molar-refractivity contribution in [3.63, 3.8) is 0 Å². The number of hydrogen-bond acceptors (Lipinski definition) is 5. The second-order valence-corrected chi connectivity index (χ2v) is 20.1. The molecule has 1 amide bonds. The number of rotatable bonds is 53. The van der Waals surface area contributed by atoms with Crippen molar-refractivity contribution in [3.8, 4) is 0 Å². The highest BCUT2D eigenvalue weighted by Crippen LogP contribution is 2.18. The molecule has 0 heterocycles. The molecule has 0 radical (unpaired) electrons. The first-order valence-corrected chi connectivity index (χ1v) is 29.7. The quantitative estimate of drug-likeness (QED) is 0.0244.